The molecule has 6 nitrogen and oxygen atoms in total. The Bertz CT molecular complexity index is 1550. The lowest BCUT2D eigenvalue weighted by Gasteiger charge is -2.18. The Kier molecular flexibility index (Phi) is 67.2. The van der Waals surface area contributed by atoms with E-state index in [1.54, 1.807) is 0 Å². The number of ether oxygens (including phenoxy) is 3. The number of esters is 3. The molecule has 0 spiro atoms. The van der Waals surface area contributed by atoms with Crippen LogP contribution >= 0.6 is 0 Å². The SMILES string of the molecule is CC/C=C\C/C=C\C/C=C\C/C=C\C/C=C\C/C=C\CCCCCCCCCCCCCCC(=O)OCC(COC(=O)CCCCCCC/C=C\CCCCC)OC(=O)CCCCCCCCCCCCCCCCCCCCCCC. The van der Waals surface area contributed by atoms with E-state index < -0.39 is 6.10 Å². The molecule has 0 saturated heterocycles. The van der Waals surface area contributed by atoms with Crippen LogP contribution in [0.25, 0.3) is 0 Å². The largest absolute Gasteiger partial charge is 0.462 e. The van der Waals surface area contributed by atoms with Crippen LogP contribution in [0.1, 0.15) is 361 Å². The van der Waals surface area contributed by atoms with E-state index in [1.165, 1.54) is 218 Å². The van der Waals surface area contributed by atoms with Crippen molar-refractivity contribution in [3.05, 3.63) is 85.1 Å². The second-order valence-corrected chi connectivity index (χ2v) is 23.8. The van der Waals surface area contributed by atoms with Crippen molar-refractivity contribution in [3.8, 4) is 0 Å². The first-order valence-electron chi connectivity index (χ1n) is 35.6. The van der Waals surface area contributed by atoms with Gasteiger partial charge >= 0.3 is 17.9 Å². The average Bonchev–Trinajstić information content (AvgIpc) is 3.47. The third-order valence-corrected chi connectivity index (χ3v) is 15.6. The van der Waals surface area contributed by atoms with Crippen LogP contribution in [0.4, 0.5) is 0 Å². The molecule has 6 heteroatoms. The van der Waals surface area contributed by atoms with Crippen molar-refractivity contribution in [1.82, 2.24) is 0 Å². The summed E-state index contributed by atoms with van der Waals surface area (Å²) in [6.07, 6.45) is 93.3. The Hall–Kier alpha value is -3.41. The van der Waals surface area contributed by atoms with E-state index in [4.69, 9.17) is 14.2 Å². The molecule has 0 heterocycles. The Morgan fingerprint density at radius 1 is 0.256 bits per heavy atom. The van der Waals surface area contributed by atoms with Gasteiger partial charge in [-0.2, -0.15) is 0 Å². The normalized spacial score (nSPS) is 12.6. The molecule has 0 fully saturated rings. The molecule has 0 aliphatic carbocycles. The molecular weight excluding hydrogens is 1010 g/mol. The summed E-state index contributed by atoms with van der Waals surface area (Å²) in [5.41, 5.74) is 0. The maximum atomic E-state index is 12.9. The topological polar surface area (TPSA) is 78.9 Å². The number of hydrogen-bond donors (Lipinski definition) is 0. The monoisotopic (exact) mass is 1140 g/mol. The summed E-state index contributed by atoms with van der Waals surface area (Å²) < 4.78 is 17.0. The Morgan fingerprint density at radius 2 is 0.476 bits per heavy atom. The molecule has 82 heavy (non-hydrogen) atoms. The highest BCUT2D eigenvalue weighted by atomic mass is 16.6. The molecular formula is C76H134O6. The van der Waals surface area contributed by atoms with Gasteiger partial charge in [0.1, 0.15) is 13.2 Å². The van der Waals surface area contributed by atoms with Gasteiger partial charge in [0.2, 0.25) is 0 Å². The highest BCUT2D eigenvalue weighted by Gasteiger charge is 2.19. The second kappa shape index (κ2) is 70.1. The summed E-state index contributed by atoms with van der Waals surface area (Å²) in [6.45, 7) is 6.55. The van der Waals surface area contributed by atoms with Crippen molar-refractivity contribution in [2.45, 2.75) is 367 Å². The number of rotatable bonds is 65. The molecule has 0 radical (unpaired) electrons. The number of carbonyl (C=O) groups is 3. The molecule has 0 aromatic carbocycles. The highest BCUT2D eigenvalue weighted by Crippen LogP contribution is 2.18. The molecule has 0 bridgehead atoms. The standard InChI is InChI=1S/C76H134O6/c1-4-7-10-13-16-19-22-25-27-29-31-33-34-35-36-37-38-39-40-41-42-44-45-47-49-51-54-57-60-63-66-69-75(78)81-72-73(71-80-74(77)68-65-62-59-56-53-24-21-18-15-12-9-6-3)82-76(79)70-67-64-61-58-55-52-50-48-46-43-32-30-28-26-23-20-17-14-11-8-5-2/h7,10,16,18-19,21,25,27,31,33,35-36,38-39,73H,4-6,8-9,11-15,17,20,22-24,26,28-30,32,34,37,40-72H2,1-3H3/b10-7-,19-16-,21-18-,27-25-,33-31-,36-35-,39-38-. The molecule has 0 aliphatic heterocycles. The summed E-state index contributed by atoms with van der Waals surface area (Å²) in [5.74, 6) is -0.866. The fourth-order valence-electron chi connectivity index (χ4n) is 10.3. The van der Waals surface area contributed by atoms with E-state index >= 15 is 0 Å². The van der Waals surface area contributed by atoms with E-state index in [9.17, 15) is 14.4 Å². The van der Waals surface area contributed by atoms with Crippen molar-refractivity contribution in [1.29, 1.82) is 0 Å². The molecule has 1 atom stereocenters. The van der Waals surface area contributed by atoms with Gasteiger partial charge in [-0.3, -0.25) is 14.4 Å². The fourth-order valence-corrected chi connectivity index (χ4v) is 10.3. The first-order valence-corrected chi connectivity index (χ1v) is 35.6. The van der Waals surface area contributed by atoms with Crippen LogP contribution in [0.2, 0.25) is 0 Å². The first-order chi connectivity index (χ1) is 40.5. The fraction of sp³-hybridized carbons (Fsp3) is 0.776. The highest BCUT2D eigenvalue weighted by molar-refractivity contribution is 5.71. The molecule has 0 aromatic rings. The van der Waals surface area contributed by atoms with E-state index in [2.05, 4.69) is 106 Å². The van der Waals surface area contributed by atoms with Crippen LogP contribution in [0.5, 0.6) is 0 Å². The van der Waals surface area contributed by atoms with Gasteiger partial charge in [-0.05, 0) is 96.3 Å². The number of carbonyl (C=O) groups excluding carboxylic acids is 3. The van der Waals surface area contributed by atoms with Crippen LogP contribution in [0.3, 0.4) is 0 Å². The third kappa shape index (κ3) is 67.4. The minimum Gasteiger partial charge on any atom is -0.462 e. The van der Waals surface area contributed by atoms with Gasteiger partial charge in [-0.25, -0.2) is 0 Å². The van der Waals surface area contributed by atoms with E-state index in [1.807, 2.05) is 0 Å². The van der Waals surface area contributed by atoms with Gasteiger partial charge in [0, 0.05) is 19.3 Å². The van der Waals surface area contributed by atoms with Crippen LogP contribution in [0.15, 0.2) is 85.1 Å². The summed E-state index contributed by atoms with van der Waals surface area (Å²) in [5, 5.41) is 0. The second-order valence-electron chi connectivity index (χ2n) is 23.8. The molecule has 0 rings (SSSR count). The van der Waals surface area contributed by atoms with E-state index in [0.717, 1.165) is 103 Å². The number of hydrogen-bond acceptors (Lipinski definition) is 6. The minimum absolute atomic E-state index is 0.0757. The summed E-state index contributed by atoms with van der Waals surface area (Å²) >= 11 is 0. The maximum absolute atomic E-state index is 12.9. The van der Waals surface area contributed by atoms with Crippen molar-refractivity contribution >= 4 is 17.9 Å². The quantitative estimate of drug-likeness (QED) is 0.0261. The zero-order valence-corrected chi connectivity index (χ0v) is 54.5. The van der Waals surface area contributed by atoms with E-state index in [-0.39, 0.29) is 31.1 Å². The zero-order chi connectivity index (χ0) is 59.2. The van der Waals surface area contributed by atoms with Gasteiger partial charge < -0.3 is 14.2 Å². The molecule has 1 unspecified atom stereocenters. The van der Waals surface area contributed by atoms with Crippen molar-refractivity contribution in [2.24, 2.45) is 0 Å². The molecule has 0 saturated carbocycles. The smallest absolute Gasteiger partial charge is 0.306 e. The van der Waals surface area contributed by atoms with Crippen LogP contribution in [-0.2, 0) is 28.6 Å². The van der Waals surface area contributed by atoms with Crippen molar-refractivity contribution in [2.75, 3.05) is 13.2 Å². The summed E-state index contributed by atoms with van der Waals surface area (Å²) in [7, 11) is 0. The Balaban J connectivity index is 4.21. The van der Waals surface area contributed by atoms with Gasteiger partial charge in [0.05, 0.1) is 0 Å². The lowest BCUT2D eigenvalue weighted by atomic mass is 10.0. The van der Waals surface area contributed by atoms with Gasteiger partial charge in [-0.1, -0.05) is 331 Å². The predicted octanol–water partition coefficient (Wildman–Crippen LogP) is 24.6. The maximum Gasteiger partial charge on any atom is 0.306 e. The Labute approximate surface area is 509 Å². The molecule has 0 amide bonds. The van der Waals surface area contributed by atoms with Gasteiger partial charge in [0.25, 0.3) is 0 Å². The first kappa shape index (κ1) is 78.6. The third-order valence-electron chi connectivity index (χ3n) is 15.6. The number of unbranched alkanes of at least 4 members (excludes halogenated alkanes) is 40. The predicted molar refractivity (Wildman–Crippen MR) is 358 cm³/mol. The molecule has 0 aliphatic rings. The van der Waals surface area contributed by atoms with Crippen molar-refractivity contribution in [3.63, 3.8) is 0 Å². The molecule has 0 aromatic heterocycles. The van der Waals surface area contributed by atoms with Crippen molar-refractivity contribution < 1.29 is 28.6 Å². The average molecular weight is 1140 g/mol. The summed E-state index contributed by atoms with van der Waals surface area (Å²) in [6, 6.07) is 0. The van der Waals surface area contributed by atoms with Crippen LogP contribution in [0, 0.1) is 0 Å². The zero-order valence-electron chi connectivity index (χ0n) is 54.5. The minimum atomic E-state index is -0.779. The molecule has 0 N–H and O–H groups in total. The summed E-state index contributed by atoms with van der Waals surface area (Å²) in [4.78, 5) is 38.4. The Morgan fingerprint density at radius 3 is 0.780 bits per heavy atom. The lowest BCUT2D eigenvalue weighted by molar-refractivity contribution is -0.167. The van der Waals surface area contributed by atoms with Crippen LogP contribution < -0.4 is 0 Å². The van der Waals surface area contributed by atoms with Gasteiger partial charge in [0.15, 0.2) is 6.10 Å². The van der Waals surface area contributed by atoms with Gasteiger partial charge in [-0.15, -0.1) is 0 Å². The van der Waals surface area contributed by atoms with Crippen LogP contribution in [-0.4, -0.2) is 37.2 Å². The molecule has 474 valence electrons. The van der Waals surface area contributed by atoms with E-state index in [0.29, 0.717) is 19.3 Å². The number of allylic oxidation sites excluding steroid dienone is 14. The lowest BCUT2D eigenvalue weighted by Crippen LogP contribution is -2.30.